The van der Waals surface area contributed by atoms with Gasteiger partial charge in [0.15, 0.2) is 9.84 Å². The van der Waals surface area contributed by atoms with Gasteiger partial charge in [0.25, 0.3) is 0 Å². The zero-order valence-electron chi connectivity index (χ0n) is 17.3. The Balaban J connectivity index is 0.00000110. The number of primary amides is 1. The zero-order chi connectivity index (χ0) is 24.5. The molecule has 1 unspecified atom stereocenters. The zero-order valence-corrected chi connectivity index (χ0v) is 18.1. The van der Waals surface area contributed by atoms with Crippen molar-refractivity contribution >= 4 is 27.7 Å². The van der Waals surface area contributed by atoms with E-state index in [1.54, 1.807) is 0 Å². The van der Waals surface area contributed by atoms with Crippen LogP contribution in [-0.4, -0.2) is 73.4 Å². The van der Waals surface area contributed by atoms with Gasteiger partial charge in [0.2, 0.25) is 11.4 Å². The average Bonchev–Trinajstić information content (AvgIpc) is 3.13. The fraction of sp³-hybridized carbons (Fsp3) is 0.824. The highest BCUT2D eigenvalue weighted by Gasteiger charge is 2.48. The Hall–Kier alpha value is -1.93. The number of esters is 1. The fourth-order valence-electron chi connectivity index (χ4n) is 2.68. The summed E-state index contributed by atoms with van der Waals surface area (Å²) >= 11 is 0. The lowest BCUT2D eigenvalue weighted by Crippen LogP contribution is -2.64. The quantitative estimate of drug-likeness (QED) is 0.298. The van der Waals surface area contributed by atoms with Gasteiger partial charge in [-0.25, -0.2) is 18.0 Å². The second kappa shape index (κ2) is 12.2. The summed E-state index contributed by atoms with van der Waals surface area (Å²) in [5.41, 5.74) is 8.66. The minimum atomic E-state index is -5.08. The number of aliphatic carboxylic acids is 1. The molecule has 0 spiro atoms. The van der Waals surface area contributed by atoms with Gasteiger partial charge in [-0.05, 0) is 12.8 Å². The molecule has 14 heteroatoms. The summed E-state index contributed by atoms with van der Waals surface area (Å²) in [6, 6.07) is 0. The highest BCUT2D eigenvalue weighted by molar-refractivity contribution is 7.92. The molecular weight excluding hydrogens is 449 g/mol. The minimum absolute atomic E-state index is 0.196. The first-order valence-electron chi connectivity index (χ1n) is 9.51. The second-order valence-corrected chi connectivity index (χ2v) is 9.32. The number of carbonyl (C=O) groups is 3. The Morgan fingerprint density at radius 2 is 1.68 bits per heavy atom. The van der Waals surface area contributed by atoms with Crippen LogP contribution in [-0.2, 0) is 33.7 Å². The van der Waals surface area contributed by atoms with Gasteiger partial charge >= 0.3 is 18.1 Å². The first kappa shape index (κ1) is 29.1. The van der Waals surface area contributed by atoms with Crippen molar-refractivity contribution in [3.63, 3.8) is 0 Å². The molecule has 1 fully saturated rings. The number of ether oxygens (including phenoxy) is 2. The molecule has 5 N–H and O–H groups in total. The molecule has 31 heavy (non-hydrogen) atoms. The molecule has 0 aromatic rings. The summed E-state index contributed by atoms with van der Waals surface area (Å²) < 4.78 is 67.3. The number of carboxylic acids is 1. The van der Waals surface area contributed by atoms with Crippen LogP contribution >= 0.6 is 0 Å². The van der Waals surface area contributed by atoms with Crippen molar-refractivity contribution < 1.29 is 50.6 Å². The lowest BCUT2D eigenvalue weighted by atomic mass is 10.0. The summed E-state index contributed by atoms with van der Waals surface area (Å²) in [5, 5.41) is 6.47. The van der Waals surface area contributed by atoms with E-state index in [9.17, 15) is 31.2 Å². The van der Waals surface area contributed by atoms with Crippen molar-refractivity contribution in [2.24, 2.45) is 11.5 Å². The number of hydrogen-bond acceptors (Lipinski definition) is 8. The molecule has 1 aliphatic heterocycles. The highest BCUT2D eigenvalue weighted by atomic mass is 32.2. The SMILES string of the molecule is CCCC(CCC)S(=O)(=O)CC(N)(C(N)=O)C(=O)O[C@@H]1CCOC1.O=C(O)C(F)(F)F. The number of alkyl halides is 3. The molecule has 10 nitrogen and oxygen atoms in total. The number of amides is 1. The lowest BCUT2D eigenvalue weighted by molar-refractivity contribution is -0.192. The molecule has 1 rings (SSSR count). The van der Waals surface area contributed by atoms with Crippen molar-refractivity contribution in [2.75, 3.05) is 19.0 Å². The molecule has 0 radical (unpaired) electrons. The first-order valence-corrected chi connectivity index (χ1v) is 11.2. The Morgan fingerprint density at radius 3 is 2.00 bits per heavy atom. The van der Waals surface area contributed by atoms with Crippen molar-refractivity contribution in [3.8, 4) is 0 Å². The van der Waals surface area contributed by atoms with Crippen molar-refractivity contribution in [1.82, 2.24) is 0 Å². The fourth-order valence-corrected chi connectivity index (χ4v) is 5.00. The van der Waals surface area contributed by atoms with Gasteiger partial charge in [0.05, 0.1) is 24.2 Å². The van der Waals surface area contributed by atoms with Crippen LogP contribution < -0.4 is 11.5 Å². The van der Waals surface area contributed by atoms with Gasteiger partial charge in [0.1, 0.15) is 6.10 Å². The molecule has 0 bridgehead atoms. The van der Waals surface area contributed by atoms with Crippen LogP contribution in [0.25, 0.3) is 0 Å². The predicted octanol–water partition coefficient (Wildman–Crippen LogP) is 0.518. The summed E-state index contributed by atoms with van der Waals surface area (Å²) in [6.07, 6.45) is -2.93. The molecular formula is C17H29F3N2O8S. The maximum Gasteiger partial charge on any atom is 0.490 e. The van der Waals surface area contributed by atoms with Gasteiger partial charge < -0.3 is 26.0 Å². The molecule has 1 aliphatic rings. The van der Waals surface area contributed by atoms with Crippen LogP contribution in [0.2, 0.25) is 0 Å². The third kappa shape index (κ3) is 9.39. The number of halogens is 3. The number of rotatable bonds is 10. The molecule has 182 valence electrons. The van der Waals surface area contributed by atoms with Gasteiger partial charge in [0, 0.05) is 6.42 Å². The lowest BCUT2D eigenvalue weighted by Gasteiger charge is -2.27. The monoisotopic (exact) mass is 478 g/mol. The van der Waals surface area contributed by atoms with Crippen LogP contribution in [0, 0.1) is 0 Å². The maximum atomic E-state index is 12.7. The van der Waals surface area contributed by atoms with E-state index >= 15 is 0 Å². The Labute approximate surface area is 178 Å². The number of nitrogens with two attached hydrogens (primary N) is 2. The number of carboxylic acid groups (broad SMARTS) is 1. The molecule has 0 aromatic carbocycles. The summed E-state index contributed by atoms with van der Waals surface area (Å²) in [4.78, 5) is 33.0. The van der Waals surface area contributed by atoms with E-state index in [-0.39, 0.29) is 6.61 Å². The summed E-state index contributed by atoms with van der Waals surface area (Å²) in [5.74, 6) is -5.91. The van der Waals surface area contributed by atoms with Crippen molar-refractivity contribution in [2.45, 2.75) is 69.0 Å². The molecule has 1 saturated heterocycles. The van der Waals surface area contributed by atoms with E-state index in [2.05, 4.69) is 0 Å². The van der Waals surface area contributed by atoms with Crippen LogP contribution in [0.15, 0.2) is 0 Å². The third-order valence-corrected chi connectivity index (χ3v) is 6.71. The summed E-state index contributed by atoms with van der Waals surface area (Å²) in [6.45, 7) is 4.37. The number of carbonyl (C=O) groups excluding carboxylic acids is 2. The largest absolute Gasteiger partial charge is 0.490 e. The molecule has 2 atom stereocenters. The van der Waals surface area contributed by atoms with E-state index in [0.717, 1.165) is 0 Å². The Morgan fingerprint density at radius 1 is 1.19 bits per heavy atom. The van der Waals surface area contributed by atoms with Crippen molar-refractivity contribution in [3.05, 3.63) is 0 Å². The first-order chi connectivity index (χ1) is 14.1. The van der Waals surface area contributed by atoms with E-state index < -0.39 is 56.5 Å². The van der Waals surface area contributed by atoms with Gasteiger partial charge in [-0.3, -0.25) is 4.79 Å². The third-order valence-electron chi connectivity index (χ3n) is 4.37. The predicted molar refractivity (Wildman–Crippen MR) is 103 cm³/mol. The van der Waals surface area contributed by atoms with E-state index in [0.29, 0.717) is 38.7 Å². The van der Waals surface area contributed by atoms with Gasteiger partial charge in [-0.15, -0.1) is 0 Å². The van der Waals surface area contributed by atoms with Crippen molar-refractivity contribution in [1.29, 1.82) is 0 Å². The Bertz CT molecular complexity index is 717. The van der Waals surface area contributed by atoms with Crippen LogP contribution in [0.4, 0.5) is 13.2 Å². The van der Waals surface area contributed by atoms with Gasteiger partial charge in [-0.1, -0.05) is 26.7 Å². The molecule has 1 heterocycles. The van der Waals surface area contributed by atoms with E-state index in [4.69, 9.17) is 30.8 Å². The normalized spacial score (nSPS) is 18.6. The van der Waals surface area contributed by atoms with Gasteiger partial charge in [-0.2, -0.15) is 13.2 Å². The van der Waals surface area contributed by atoms with Crippen LogP contribution in [0.5, 0.6) is 0 Å². The minimum Gasteiger partial charge on any atom is -0.475 e. The standard InChI is InChI=1S/C15H28N2O6S.C2HF3O2/c1-3-5-12(6-4-2)24(20,21)10-15(17,13(16)18)14(19)23-11-7-8-22-9-11;3-2(4,5)1(6)7/h11-12H,3-10,17H2,1-2H3,(H2,16,18);(H,6,7)/t11-,15?;/m1./s1. The van der Waals surface area contributed by atoms with E-state index in [1.807, 2.05) is 13.8 Å². The second-order valence-electron chi connectivity index (χ2n) is 7.04. The average molecular weight is 478 g/mol. The smallest absolute Gasteiger partial charge is 0.475 e. The van der Waals surface area contributed by atoms with Crippen LogP contribution in [0.1, 0.15) is 46.0 Å². The molecule has 0 aliphatic carbocycles. The van der Waals surface area contributed by atoms with E-state index in [1.165, 1.54) is 0 Å². The number of sulfone groups is 1. The molecule has 1 amide bonds. The highest BCUT2D eigenvalue weighted by Crippen LogP contribution is 2.21. The maximum absolute atomic E-state index is 12.7. The Kier molecular flexibility index (Phi) is 11.4. The topological polar surface area (TPSA) is 176 Å². The molecule has 0 saturated carbocycles. The summed E-state index contributed by atoms with van der Waals surface area (Å²) in [7, 11) is -3.79. The molecule has 0 aromatic heterocycles. The van der Waals surface area contributed by atoms with Crippen LogP contribution in [0.3, 0.4) is 0 Å². The number of hydrogen-bond donors (Lipinski definition) is 3.